The number of amides is 2. The van der Waals surface area contributed by atoms with Crippen LogP contribution >= 0.6 is 11.6 Å². The van der Waals surface area contributed by atoms with E-state index in [2.05, 4.69) is 6.07 Å². The predicted molar refractivity (Wildman–Crippen MR) is 109 cm³/mol. The first-order chi connectivity index (χ1) is 13.8. The molecule has 1 atom stereocenters. The summed E-state index contributed by atoms with van der Waals surface area (Å²) in [4.78, 5) is 13.4. The molecular formula is C22H19ClFN3O2. The Hall–Kier alpha value is -3.30. The first-order valence-electron chi connectivity index (χ1n) is 8.81. The van der Waals surface area contributed by atoms with Gasteiger partial charge in [-0.3, -0.25) is 4.90 Å². The number of hydrogen-bond donors (Lipinski definition) is 1. The van der Waals surface area contributed by atoms with Gasteiger partial charge in [-0.25, -0.2) is 9.18 Å². The van der Waals surface area contributed by atoms with Gasteiger partial charge in [-0.15, -0.1) is 0 Å². The quantitative estimate of drug-likeness (QED) is 0.754. The first kappa shape index (κ1) is 20.4. The molecule has 0 saturated heterocycles. The Balaban J connectivity index is 2.45. The van der Waals surface area contributed by atoms with Crippen LogP contribution in [0, 0.1) is 17.1 Å². The molecule has 0 fully saturated rings. The highest BCUT2D eigenvalue weighted by Gasteiger charge is 2.38. The third kappa shape index (κ3) is 3.34. The van der Waals surface area contributed by atoms with E-state index in [1.807, 2.05) is 0 Å². The second-order valence-electron chi connectivity index (χ2n) is 6.55. The molecule has 0 radical (unpaired) electrons. The number of halogens is 2. The number of benzene rings is 2. The van der Waals surface area contributed by atoms with Gasteiger partial charge in [0.15, 0.2) is 0 Å². The minimum Gasteiger partial charge on any atom is -0.496 e. The average Bonchev–Trinajstić information content (AvgIpc) is 2.68. The Morgan fingerprint density at radius 2 is 1.90 bits per heavy atom. The zero-order chi connectivity index (χ0) is 21.3. The van der Waals surface area contributed by atoms with Gasteiger partial charge in [-0.05, 0) is 37.6 Å². The molecule has 1 aliphatic rings. The number of hydrogen-bond acceptors (Lipinski definition) is 3. The van der Waals surface area contributed by atoms with E-state index in [4.69, 9.17) is 22.1 Å². The summed E-state index contributed by atoms with van der Waals surface area (Å²) >= 11 is 6.37. The van der Waals surface area contributed by atoms with Crippen molar-refractivity contribution in [2.45, 2.75) is 19.8 Å². The van der Waals surface area contributed by atoms with Gasteiger partial charge in [0.05, 0.1) is 24.7 Å². The summed E-state index contributed by atoms with van der Waals surface area (Å²) in [6.45, 7) is 3.31. The average molecular weight is 412 g/mol. The summed E-state index contributed by atoms with van der Waals surface area (Å²) in [5.74, 6) is -0.864. The molecule has 0 aliphatic carbocycles. The molecule has 3 rings (SSSR count). The lowest BCUT2D eigenvalue weighted by Gasteiger charge is -2.36. The maximum Gasteiger partial charge on any atom is 0.323 e. The van der Waals surface area contributed by atoms with Crippen LogP contribution in [0.4, 0.5) is 9.18 Å². The summed E-state index contributed by atoms with van der Waals surface area (Å²) in [6, 6.07) is 12.9. The highest BCUT2D eigenvalue weighted by atomic mass is 35.5. The highest BCUT2D eigenvalue weighted by Crippen LogP contribution is 2.50. The fourth-order valence-electron chi connectivity index (χ4n) is 3.82. The standard InChI is InChI=1S/C22H19ClFN3O2/c1-12-15(11-25)20(21-16(23)8-6-9-17(21)24)19(13(2)27(12)22(26)28)14-7-4-5-10-18(14)29-3/h4-10,20H,1-3H3,(H2,26,28). The van der Waals surface area contributed by atoms with Crippen LogP contribution in [-0.4, -0.2) is 18.0 Å². The molecule has 29 heavy (non-hydrogen) atoms. The van der Waals surface area contributed by atoms with Crippen molar-refractivity contribution in [1.29, 1.82) is 5.26 Å². The van der Waals surface area contributed by atoms with Gasteiger partial charge in [-0.2, -0.15) is 5.26 Å². The number of urea groups is 1. The van der Waals surface area contributed by atoms with Crippen LogP contribution in [0.15, 0.2) is 59.4 Å². The molecule has 5 nitrogen and oxygen atoms in total. The Kier molecular flexibility index (Phi) is 5.62. The maximum absolute atomic E-state index is 15.0. The summed E-state index contributed by atoms with van der Waals surface area (Å²) in [7, 11) is 1.51. The van der Waals surface area contributed by atoms with Crippen LogP contribution in [0.3, 0.4) is 0 Å². The predicted octanol–water partition coefficient (Wildman–Crippen LogP) is 5.19. The number of allylic oxidation sites excluding steroid dienone is 4. The lowest BCUT2D eigenvalue weighted by Crippen LogP contribution is -2.37. The molecule has 2 N–H and O–H groups in total. The molecule has 0 aromatic heterocycles. The Morgan fingerprint density at radius 3 is 2.48 bits per heavy atom. The van der Waals surface area contributed by atoms with Gasteiger partial charge < -0.3 is 10.5 Å². The number of primary amides is 1. The number of methoxy groups -OCH3 is 1. The zero-order valence-electron chi connectivity index (χ0n) is 16.2. The molecule has 7 heteroatoms. The summed E-state index contributed by atoms with van der Waals surface area (Å²) in [5, 5.41) is 10.1. The van der Waals surface area contributed by atoms with Crippen LogP contribution in [-0.2, 0) is 0 Å². The summed E-state index contributed by atoms with van der Waals surface area (Å²) in [6.07, 6.45) is 0. The number of nitrogens with two attached hydrogens (primary N) is 1. The molecule has 0 bridgehead atoms. The number of nitriles is 1. The van der Waals surface area contributed by atoms with E-state index < -0.39 is 17.8 Å². The van der Waals surface area contributed by atoms with Gasteiger partial charge in [-0.1, -0.05) is 35.9 Å². The van der Waals surface area contributed by atoms with Crippen molar-refractivity contribution >= 4 is 23.2 Å². The minimum atomic E-state index is -0.833. The minimum absolute atomic E-state index is 0.162. The van der Waals surface area contributed by atoms with Crippen molar-refractivity contribution in [3.63, 3.8) is 0 Å². The van der Waals surface area contributed by atoms with Crippen molar-refractivity contribution in [2.75, 3.05) is 7.11 Å². The molecule has 1 unspecified atom stereocenters. The molecule has 0 spiro atoms. The van der Waals surface area contributed by atoms with E-state index in [0.717, 1.165) is 0 Å². The molecule has 2 aromatic rings. The number of para-hydroxylation sites is 1. The largest absolute Gasteiger partial charge is 0.496 e. The van der Waals surface area contributed by atoms with Gasteiger partial charge in [0, 0.05) is 27.5 Å². The van der Waals surface area contributed by atoms with Gasteiger partial charge in [0.25, 0.3) is 0 Å². The number of ether oxygens (including phenoxy) is 1. The van der Waals surface area contributed by atoms with E-state index in [1.165, 1.54) is 24.1 Å². The first-order valence-corrected chi connectivity index (χ1v) is 9.19. The maximum atomic E-state index is 15.0. The Morgan fingerprint density at radius 1 is 1.21 bits per heavy atom. The van der Waals surface area contributed by atoms with Crippen molar-refractivity contribution in [2.24, 2.45) is 5.73 Å². The molecule has 1 aliphatic heterocycles. The van der Waals surface area contributed by atoms with E-state index >= 15 is 0 Å². The summed E-state index contributed by atoms with van der Waals surface area (Å²) < 4.78 is 20.4. The van der Waals surface area contributed by atoms with E-state index in [0.29, 0.717) is 28.3 Å². The molecule has 1 heterocycles. The van der Waals surface area contributed by atoms with Gasteiger partial charge >= 0.3 is 6.03 Å². The smallest absolute Gasteiger partial charge is 0.323 e. The Bertz CT molecular complexity index is 1080. The molecule has 148 valence electrons. The van der Waals surface area contributed by atoms with Crippen LogP contribution in [0.5, 0.6) is 5.75 Å². The fraction of sp³-hybridized carbons (Fsp3) is 0.182. The SMILES string of the molecule is COc1ccccc1C1=C(C)N(C(N)=O)C(C)=C(C#N)C1c1c(F)cccc1Cl. The van der Waals surface area contributed by atoms with Crippen LogP contribution < -0.4 is 10.5 Å². The fourth-order valence-corrected chi connectivity index (χ4v) is 4.10. The van der Waals surface area contributed by atoms with Gasteiger partial charge in [0.2, 0.25) is 0 Å². The molecule has 0 saturated carbocycles. The number of rotatable bonds is 3. The van der Waals surface area contributed by atoms with Crippen LogP contribution in [0.1, 0.15) is 30.9 Å². The van der Waals surface area contributed by atoms with Gasteiger partial charge in [0.1, 0.15) is 11.6 Å². The molecular weight excluding hydrogens is 393 g/mol. The van der Waals surface area contributed by atoms with Crippen molar-refractivity contribution < 1.29 is 13.9 Å². The highest BCUT2D eigenvalue weighted by molar-refractivity contribution is 6.31. The molecule has 2 aromatic carbocycles. The third-order valence-corrected chi connectivity index (χ3v) is 5.38. The second kappa shape index (κ2) is 7.98. The third-order valence-electron chi connectivity index (χ3n) is 5.05. The lowest BCUT2D eigenvalue weighted by atomic mass is 9.77. The number of carbonyl (C=O) groups is 1. The van der Waals surface area contributed by atoms with Crippen molar-refractivity contribution in [3.05, 3.63) is 81.4 Å². The Labute approximate surface area is 173 Å². The number of carbonyl (C=O) groups excluding carboxylic acids is 1. The van der Waals surface area contributed by atoms with E-state index in [9.17, 15) is 14.4 Å². The second-order valence-corrected chi connectivity index (χ2v) is 6.96. The van der Waals surface area contributed by atoms with Crippen molar-refractivity contribution in [3.8, 4) is 11.8 Å². The normalized spacial score (nSPS) is 16.7. The zero-order valence-corrected chi connectivity index (χ0v) is 16.9. The summed E-state index contributed by atoms with van der Waals surface area (Å²) in [5.41, 5.74) is 7.89. The monoisotopic (exact) mass is 411 g/mol. The van der Waals surface area contributed by atoms with Crippen molar-refractivity contribution in [1.82, 2.24) is 4.90 Å². The lowest BCUT2D eigenvalue weighted by molar-refractivity contribution is 0.229. The number of nitrogens with zero attached hydrogens (tertiary/aromatic N) is 2. The van der Waals surface area contributed by atoms with Crippen LogP contribution in [0.25, 0.3) is 5.57 Å². The topological polar surface area (TPSA) is 79.3 Å². The van der Waals surface area contributed by atoms with E-state index in [-0.39, 0.29) is 16.2 Å². The van der Waals surface area contributed by atoms with E-state index in [1.54, 1.807) is 44.2 Å². The van der Waals surface area contributed by atoms with Crippen LogP contribution in [0.2, 0.25) is 5.02 Å². The molecule has 2 amide bonds.